The first-order chi connectivity index (χ1) is 12.1. The number of hydrogen-bond acceptors (Lipinski definition) is 2. The van der Waals surface area contributed by atoms with Gasteiger partial charge in [-0.1, -0.05) is 84.3 Å². The fourth-order valence-corrected chi connectivity index (χ4v) is 3.37. The van der Waals surface area contributed by atoms with Crippen molar-refractivity contribution in [1.29, 1.82) is 0 Å². The number of methoxy groups -OCH3 is 1. The van der Waals surface area contributed by atoms with E-state index in [0.29, 0.717) is 11.5 Å². The van der Waals surface area contributed by atoms with Crippen molar-refractivity contribution in [2.45, 2.75) is 90.9 Å². The van der Waals surface area contributed by atoms with Crippen molar-refractivity contribution in [3.8, 4) is 0 Å². The van der Waals surface area contributed by atoms with E-state index in [4.69, 9.17) is 4.74 Å². The average Bonchev–Trinajstić information content (AvgIpc) is 2.62. The molecule has 142 valence electrons. The second-order valence-corrected chi connectivity index (χ2v) is 7.69. The van der Waals surface area contributed by atoms with Gasteiger partial charge >= 0.3 is 5.97 Å². The van der Waals surface area contributed by atoms with Crippen LogP contribution in [0.4, 0.5) is 0 Å². The molecule has 0 aromatic heterocycles. The quantitative estimate of drug-likeness (QED) is 0.280. The summed E-state index contributed by atoms with van der Waals surface area (Å²) in [5.74, 6) is 1.10. The molecule has 25 heavy (non-hydrogen) atoms. The molecule has 1 unspecified atom stereocenters. The van der Waals surface area contributed by atoms with Gasteiger partial charge in [-0.15, -0.1) is 0 Å². The highest BCUT2D eigenvalue weighted by Gasteiger charge is 2.13. The third kappa shape index (κ3) is 9.09. The number of unbranched alkanes of at least 4 members (excludes halogenated alkanes) is 6. The summed E-state index contributed by atoms with van der Waals surface area (Å²) in [6, 6.07) is 8.07. The summed E-state index contributed by atoms with van der Waals surface area (Å²) in [4.78, 5) is 11.6. The van der Waals surface area contributed by atoms with E-state index in [1.54, 1.807) is 0 Å². The van der Waals surface area contributed by atoms with Crippen LogP contribution in [0.1, 0.15) is 107 Å². The highest BCUT2D eigenvalue weighted by molar-refractivity contribution is 5.89. The Kier molecular flexibility index (Phi) is 11.3. The maximum absolute atomic E-state index is 11.6. The fraction of sp³-hybridized carbons (Fsp3) is 0.696. The van der Waals surface area contributed by atoms with Gasteiger partial charge in [0.05, 0.1) is 12.7 Å². The molecular weight excluding hydrogens is 308 g/mol. The van der Waals surface area contributed by atoms with Crippen LogP contribution in [-0.4, -0.2) is 13.1 Å². The summed E-state index contributed by atoms with van der Waals surface area (Å²) in [5.41, 5.74) is 2.02. The zero-order chi connectivity index (χ0) is 18.5. The lowest BCUT2D eigenvalue weighted by Gasteiger charge is -2.19. The van der Waals surface area contributed by atoms with Gasteiger partial charge in [-0.25, -0.2) is 4.79 Å². The topological polar surface area (TPSA) is 26.3 Å². The van der Waals surface area contributed by atoms with Crippen molar-refractivity contribution >= 4 is 5.97 Å². The van der Waals surface area contributed by atoms with Gasteiger partial charge in [0.2, 0.25) is 0 Å². The van der Waals surface area contributed by atoms with Gasteiger partial charge < -0.3 is 4.74 Å². The van der Waals surface area contributed by atoms with Crippen LogP contribution in [0.3, 0.4) is 0 Å². The molecule has 0 bridgehead atoms. The van der Waals surface area contributed by atoms with E-state index in [0.717, 1.165) is 5.92 Å². The zero-order valence-corrected chi connectivity index (χ0v) is 16.9. The Labute approximate surface area is 155 Å². The van der Waals surface area contributed by atoms with Gasteiger partial charge in [-0.3, -0.25) is 0 Å². The monoisotopic (exact) mass is 346 g/mol. The van der Waals surface area contributed by atoms with Gasteiger partial charge in [0.15, 0.2) is 0 Å². The van der Waals surface area contributed by atoms with Crippen molar-refractivity contribution in [3.05, 3.63) is 35.4 Å². The average molecular weight is 347 g/mol. The minimum Gasteiger partial charge on any atom is -0.465 e. The Hall–Kier alpha value is -1.31. The van der Waals surface area contributed by atoms with Crippen LogP contribution in [0.15, 0.2) is 24.3 Å². The third-order valence-electron chi connectivity index (χ3n) is 5.05. The van der Waals surface area contributed by atoms with E-state index in [1.165, 1.54) is 76.9 Å². The first kappa shape index (κ1) is 21.7. The Balaban J connectivity index is 2.53. The largest absolute Gasteiger partial charge is 0.465 e. The van der Waals surface area contributed by atoms with Gasteiger partial charge in [-0.2, -0.15) is 0 Å². The van der Waals surface area contributed by atoms with Crippen molar-refractivity contribution in [2.75, 3.05) is 7.11 Å². The molecule has 1 rings (SSSR count). The Morgan fingerprint density at radius 1 is 0.880 bits per heavy atom. The highest BCUT2D eigenvalue weighted by atomic mass is 16.5. The van der Waals surface area contributed by atoms with Crippen molar-refractivity contribution in [1.82, 2.24) is 0 Å². The van der Waals surface area contributed by atoms with Crippen LogP contribution in [0.25, 0.3) is 0 Å². The Morgan fingerprint density at radius 2 is 1.48 bits per heavy atom. The van der Waals surface area contributed by atoms with Gasteiger partial charge in [0.25, 0.3) is 0 Å². The maximum atomic E-state index is 11.6. The number of carbonyl (C=O) groups is 1. The lowest BCUT2D eigenvalue weighted by Crippen LogP contribution is -2.04. The van der Waals surface area contributed by atoms with Crippen LogP contribution in [0, 0.1) is 5.92 Å². The Bertz CT molecular complexity index is 461. The van der Waals surface area contributed by atoms with Crippen molar-refractivity contribution in [2.24, 2.45) is 5.92 Å². The molecular formula is C23H38O2. The summed E-state index contributed by atoms with van der Waals surface area (Å²) < 4.78 is 4.80. The van der Waals surface area contributed by atoms with Gasteiger partial charge in [-0.05, 0) is 42.4 Å². The predicted molar refractivity (Wildman–Crippen MR) is 107 cm³/mol. The van der Waals surface area contributed by atoms with Crippen molar-refractivity contribution in [3.63, 3.8) is 0 Å². The first-order valence-electron chi connectivity index (χ1n) is 10.3. The number of benzene rings is 1. The van der Waals surface area contributed by atoms with Crippen LogP contribution in [-0.2, 0) is 4.74 Å². The van der Waals surface area contributed by atoms with Crippen LogP contribution < -0.4 is 0 Å². The number of rotatable bonds is 13. The van der Waals surface area contributed by atoms with Gasteiger partial charge in [0, 0.05) is 0 Å². The van der Waals surface area contributed by atoms with E-state index in [-0.39, 0.29) is 5.97 Å². The molecule has 0 radical (unpaired) electrons. The van der Waals surface area contributed by atoms with Crippen LogP contribution >= 0.6 is 0 Å². The van der Waals surface area contributed by atoms with Crippen LogP contribution in [0.5, 0.6) is 0 Å². The minimum absolute atomic E-state index is 0.252. The lowest BCUT2D eigenvalue weighted by molar-refractivity contribution is 0.0600. The molecule has 0 saturated heterocycles. The minimum atomic E-state index is -0.252. The van der Waals surface area contributed by atoms with E-state index >= 15 is 0 Å². The maximum Gasteiger partial charge on any atom is 0.337 e. The van der Waals surface area contributed by atoms with Crippen LogP contribution in [0.2, 0.25) is 0 Å². The first-order valence-corrected chi connectivity index (χ1v) is 10.3. The Morgan fingerprint density at radius 3 is 2.04 bits per heavy atom. The second-order valence-electron chi connectivity index (χ2n) is 7.69. The zero-order valence-electron chi connectivity index (χ0n) is 16.9. The third-order valence-corrected chi connectivity index (χ3v) is 5.05. The molecule has 1 aromatic carbocycles. The summed E-state index contributed by atoms with van der Waals surface area (Å²) in [7, 11) is 1.43. The molecule has 0 aliphatic rings. The molecule has 1 aromatic rings. The molecule has 0 aliphatic heterocycles. The molecule has 0 amide bonds. The molecule has 1 atom stereocenters. The number of hydrogen-bond donors (Lipinski definition) is 0. The van der Waals surface area contributed by atoms with E-state index in [1.807, 2.05) is 12.1 Å². The number of carbonyl (C=O) groups excluding carboxylic acids is 1. The van der Waals surface area contributed by atoms with E-state index < -0.39 is 0 Å². The summed E-state index contributed by atoms with van der Waals surface area (Å²) in [6.07, 6.45) is 13.3. The smallest absolute Gasteiger partial charge is 0.337 e. The molecule has 0 aliphatic carbocycles. The highest BCUT2D eigenvalue weighted by Crippen LogP contribution is 2.29. The molecule has 2 nitrogen and oxygen atoms in total. The molecule has 0 heterocycles. The number of ether oxygens (including phenoxy) is 1. The standard InChI is InChI=1S/C23H38O2/c1-5-6-7-8-9-10-11-12-20(14-13-19(2)3)21-15-17-22(18-16-21)23(24)25-4/h15-20H,5-14H2,1-4H3. The van der Waals surface area contributed by atoms with Gasteiger partial charge in [0.1, 0.15) is 0 Å². The molecule has 0 spiro atoms. The molecule has 2 heteroatoms. The summed E-state index contributed by atoms with van der Waals surface area (Å²) in [6.45, 7) is 6.86. The molecule has 0 fully saturated rings. The molecule has 0 saturated carbocycles. The van der Waals surface area contributed by atoms with Crippen molar-refractivity contribution < 1.29 is 9.53 Å². The molecule has 0 N–H and O–H groups in total. The predicted octanol–water partition coefficient (Wildman–Crippen LogP) is 7.13. The normalized spacial score (nSPS) is 12.4. The SMILES string of the molecule is CCCCCCCCCC(CCC(C)C)c1ccc(C(=O)OC)cc1. The lowest BCUT2D eigenvalue weighted by atomic mass is 9.86. The second kappa shape index (κ2) is 13.0. The number of esters is 1. The van der Waals surface area contributed by atoms with E-state index in [9.17, 15) is 4.79 Å². The summed E-state index contributed by atoms with van der Waals surface area (Å²) >= 11 is 0. The summed E-state index contributed by atoms with van der Waals surface area (Å²) in [5, 5.41) is 0. The fourth-order valence-electron chi connectivity index (χ4n) is 3.37. The van der Waals surface area contributed by atoms with E-state index in [2.05, 4.69) is 32.9 Å².